The molecule has 24 heavy (non-hydrogen) atoms. The Kier molecular flexibility index (Phi) is 6.88. The summed E-state index contributed by atoms with van der Waals surface area (Å²) in [5, 5.41) is 9.77. The summed E-state index contributed by atoms with van der Waals surface area (Å²) in [6.45, 7) is 15.6. The number of carboxylic acid groups (broad SMARTS) is 1. The van der Waals surface area contributed by atoms with Crippen molar-refractivity contribution in [2.24, 2.45) is 0 Å². The zero-order chi connectivity index (χ0) is 18.5. The first-order valence-corrected chi connectivity index (χ1v) is 9.15. The lowest BCUT2D eigenvalue weighted by Crippen LogP contribution is -2.23. The highest BCUT2D eigenvalue weighted by atomic mass is 16.5. The number of rotatable bonds is 9. The van der Waals surface area contributed by atoms with Crippen molar-refractivity contribution in [2.75, 3.05) is 6.61 Å². The summed E-state index contributed by atoms with van der Waals surface area (Å²) in [6, 6.07) is 3.98. The lowest BCUT2D eigenvalue weighted by molar-refractivity contribution is 0.0691. The Labute approximate surface area is 147 Å². The predicted octanol–water partition coefficient (Wildman–Crippen LogP) is 5.94. The molecule has 0 amide bonds. The maximum atomic E-state index is 11.9. The van der Waals surface area contributed by atoms with Crippen molar-refractivity contribution >= 4 is 5.97 Å². The second-order valence-electron chi connectivity index (χ2n) is 7.88. The number of hydrogen-bond acceptors (Lipinski definition) is 2. The molecule has 1 rings (SSSR count). The van der Waals surface area contributed by atoms with E-state index in [1.165, 1.54) is 0 Å². The van der Waals surface area contributed by atoms with Gasteiger partial charge in [-0.2, -0.15) is 0 Å². The lowest BCUT2D eigenvalue weighted by Gasteiger charge is -2.31. The van der Waals surface area contributed by atoms with Crippen LogP contribution in [0.5, 0.6) is 5.75 Å². The van der Waals surface area contributed by atoms with Crippen LogP contribution in [0.15, 0.2) is 12.1 Å². The SMILES string of the molecule is CCCCOc1c(C(=O)O)cc(C(C)(C)CC)cc1C(C)(C)CC. The number of hydrogen-bond donors (Lipinski definition) is 1. The molecule has 0 heterocycles. The molecule has 0 saturated carbocycles. The second kappa shape index (κ2) is 8.04. The van der Waals surface area contributed by atoms with E-state index in [2.05, 4.69) is 54.5 Å². The number of carboxylic acids is 1. The van der Waals surface area contributed by atoms with Crippen LogP contribution in [-0.4, -0.2) is 17.7 Å². The molecule has 0 atom stereocenters. The number of benzene rings is 1. The van der Waals surface area contributed by atoms with Gasteiger partial charge in [0, 0.05) is 5.56 Å². The molecule has 0 aliphatic heterocycles. The molecule has 0 saturated heterocycles. The Morgan fingerprint density at radius 1 is 1.04 bits per heavy atom. The molecule has 0 aromatic heterocycles. The van der Waals surface area contributed by atoms with Gasteiger partial charge in [-0.15, -0.1) is 0 Å². The fraction of sp³-hybridized carbons (Fsp3) is 0.667. The van der Waals surface area contributed by atoms with Gasteiger partial charge in [0.25, 0.3) is 0 Å². The van der Waals surface area contributed by atoms with Gasteiger partial charge in [-0.3, -0.25) is 0 Å². The molecular weight excluding hydrogens is 300 g/mol. The van der Waals surface area contributed by atoms with Crippen molar-refractivity contribution in [3.63, 3.8) is 0 Å². The summed E-state index contributed by atoms with van der Waals surface area (Å²) in [5.41, 5.74) is 2.18. The topological polar surface area (TPSA) is 46.5 Å². The summed E-state index contributed by atoms with van der Waals surface area (Å²) < 4.78 is 5.98. The summed E-state index contributed by atoms with van der Waals surface area (Å²) in [5.74, 6) is -0.359. The maximum Gasteiger partial charge on any atom is 0.339 e. The van der Waals surface area contributed by atoms with E-state index >= 15 is 0 Å². The molecule has 1 N–H and O–H groups in total. The van der Waals surface area contributed by atoms with Gasteiger partial charge in [-0.25, -0.2) is 4.79 Å². The third kappa shape index (κ3) is 4.52. The monoisotopic (exact) mass is 334 g/mol. The van der Waals surface area contributed by atoms with Crippen LogP contribution >= 0.6 is 0 Å². The number of unbranched alkanes of at least 4 members (excludes halogenated alkanes) is 1. The van der Waals surface area contributed by atoms with Crippen LogP contribution < -0.4 is 4.74 Å². The van der Waals surface area contributed by atoms with Crippen LogP contribution in [0.25, 0.3) is 0 Å². The van der Waals surface area contributed by atoms with Crippen LogP contribution in [0, 0.1) is 0 Å². The van der Waals surface area contributed by atoms with E-state index < -0.39 is 5.97 Å². The minimum absolute atomic E-state index is 0.0648. The zero-order valence-electron chi connectivity index (χ0n) is 16.5. The predicted molar refractivity (Wildman–Crippen MR) is 100 cm³/mol. The summed E-state index contributed by atoms with van der Waals surface area (Å²) in [6.07, 6.45) is 3.82. The van der Waals surface area contributed by atoms with Crippen molar-refractivity contribution in [2.45, 2.75) is 85.0 Å². The van der Waals surface area contributed by atoms with Crippen LogP contribution in [0.3, 0.4) is 0 Å². The minimum Gasteiger partial charge on any atom is -0.492 e. The van der Waals surface area contributed by atoms with Gasteiger partial charge in [-0.1, -0.05) is 61.0 Å². The van der Waals surface area contributed by atoms with Gasteiger partial charge in [-0.05, 0) is 41.7 Å². The number of ether oxygens (including phenoxy) is 1. The molecular formula is C21H34O3. The van der Waals surface area contributed by atoms with E-state index in [1.54, 1.807) is 0 Å². The molecule has 0 aliphatic rings. The average Bonchev–Trinajstić information content (AvgIpc) is 2.54. The van der Waals surface area contributed by atoms with Crippen molar-refractivity contribution in [1.29, 1.82) is 0 Å². The molecule has 136 valence electrons. The van der Waals surface area contributed by atoms with Gasteiger partial charge in [0.2, 0.25) is 0 Å². The molecule has 0 spiro atoms. The van der Waals surface area contributed by atoms with E-state index in [9.17, 15) is 9.90 Å². The van der Waals surface area contributed by atoms with Gasteiger partial charge in [0.1, 0.15) is 11.3 Å². The molecule has 0 unspecified atom stereocenters. The fourth-order valence-electron chi connectivity index (χ4n) is 2.55. The zero-order valence-corrected chi connectivity index (χ0v) is 16.5. The third-order valence-electron chi connectivity index (χ3n) is 5.34. The molecule has 0 fully saturated rings. The Hall–Kier alpha value is -1.51. The maximum absolute atomic E-state index is 11.9. The molecule has 3 heteroatoms. The highest BCUT2D eigenvalue weighted by Gasteiger charge is 2.30. The molecule has 1 aromatic carbocycles. The molecule has 0 radical (unpaired) electrons. The van der Waals surface area contributed by atoms with E-state index in [0.717, 1.165) is 36.8 Å². The first kappa shape index (κ1) is 20.5. The summed E-state index contributed by atoms with van der Waals surface area (Å²) in [7, 11) is 0. The van der Waals surface area contributed by atoms with Crippen molar-refractivity contribution in [1.82, 2.24) is 0 Å². The van der Waals surface area contributed by atoms with Crippen LogP contribution in [0.1, 0.15) is 95.6 Å². The largest absolute Gasteiger partial charge is 0.492 e. The molecule has 0 aliphatic carbocycles. The Bertz CT molecular complexity index is 571. The number of aromatic carboxylic acids is 1. The third-order valence-corrected chi connectivity index (χ3v) is 5.34. The van der Waals surface area contributed by atoms with Gasteiger partial charge in [0.15, 0.2) is 0 Å². The van der Waals surface area contributed by atoms with Gasteiger partial charge < -0.3 is 9.84 Å². The van der Waals surface area contributed by atoms with E-state index in [-0.39, 0.29) is 10.8 Å². The van der Waals surface area contributed by atoms with Gasteiger partial charge >= 0.3 is 5.97 Å². The summed E-state index contributed by atoms with van der Waals surface area (Å²) >= 11 is 0. The highest BCUT2D eigenvalue weighted by Crippen LogP contribution is 2.41. The Morgan fingerprint density at radius 3 is 2.08 bits per heavy atom. The lowest BCUT2D eigenvalue weighted by atomic mass is 9.75. The number of carbonyl (C=O) groups is 1. The molecule has 1 aromatic rings. The van der Waals surface area contributed by atoms with E-state index in [0.29, 0.717) is 17.9 Å². The average molecular weight is 335 g/mol. The van der Waals surface area contributed by atoms with Crippen molar-refractivity contribution in [3.05, 3.63) is 28.8 Å². The van der Waals surface area contributed by atoms with Crippen molar-refractivity contribution < 1.29 is 14.6 Å². The van der Waals surface area contributed by atoms with Crippen LogP contribution in [-0.2, 0) is 10.8 Å². The quantitative estimate of drug-likeness (QED) is 0.568. The molecule has 3 nitrogen and oxygen atoms in total. The summed E-state index contributed by atoms with van der Waals surface area (Å²) in [4.78, 5) is 11.9. The standard InChI is InChI=1S/C21H34O3/c1-8-11-12-24-18-16(19(22)23)13-15(20(4,5)9-2)14-17(18)21(6,7)10-3/h13-14H,8-12H2,1-7H3,(H,22,23). The first-order valence-electron chi connectivity index (χ1n) is 9.15. The van der Waals surface area contributed by atoms with Crippen LogP contribution in [0.2, 0.25) is 0 Å². The fourth-order valence-corrected chi connectivity index (χ4v) is 2.55. The van der Waals surface area contributed by atoms with E-state index in [1.807, 2.05) is 6.07 Å². The molecule has 0 bridgehead atoms. The Balaban J connectivity index is 3.61. The first-order chi connectivity index (χ1) is 11.1. The minimum atomic E-state index is -0.914. The van der Waals surface area contributed by atoms with Gasteiger partial charge in [0.05, 0.1) is 6.61 Å². The van der Waals surface area contributed by atoms with E-state index in [4.69, 9.17) is 4.74 Å². The van der Waals surface area contributed by atoms with Crippen molar-refractivity contribution in [3.8, 4) is 5.75 Å². The van der Waals surface area contributed by atoms with Crippen LogP contribution in [0.4, 0.5) is 0 Å². The smallest absolute Gasteiger partial charge is 0.339 e. The Morgan fingerprint density at radius 2 is 1.62 bits per heavy atom. The normalized spacial score (nSPS) is 12.3. The second-order valence-corrected chi connectivity index (χ2v) is 7.88. The highest BCUT2D eigenvalue weighted by molar-refractivity contribution is 5.92.